The Balaban J connectivity index is 2.71. The van der Waals surface area contributed by atoms with Gasteiger partial charge in [0.15, 0.2) is 0 Å². The van der Waals surface area contributed by atoms with Crippen LogP contribution in [0.5, 0.6) is 0 Å². The van der Waals surface area contributed by atoms with E-state index in [4.69, 9.17) is 0 Å². The van der Waals surface area contributed by atoms with Crippen LogP contribution in [-0.2, 0) is 0 Å². The average Bonchev–Trinajstić information content (AvgIpc) is 2.37. The lowest BCUT2D eigenvalue weighted by Gasteiger charge is -2.31. The van der Waals surface area contributed by atoms with E-state index in [-0.39, 0.29) is 0 Å². The van der Waals surface area contributed by atoms with E-state index in [2.05, 4.69) is 95.6 Å². The zero-order chi connectivity index (χ0) is 13.7. The molecule has 1 aliphatic carbocycles. The lowest BCUT2D eigenvalue weighted by atomic mass is 10.0. The van der Waals surface area contributed by atoms with Gasteiger partial charge in [-0.1, -0.05) is 121 Å². The summed E-state index contributed by atoms with van der Waals surface area (Å²) < 4.78 is 0. The minimum atomic E-state index is 0.394. The summed E-state index contributed by atoms with van der Waals surface area (Å²) in [5, 5.41) is 0. The molecule has 0 aliphatic heterocycles. The molecule has 0 bridgehead atoms. The summed E-state index contributed by atoms with van der Waals surface area (Å²) in [4.78, 5) is 2.70. The number of hydrogen-bond acceptors (Lipinski definition) is 0. The average molecular weight is 642 g/mol. The van der Waals surface area contributed by atoms with Crippen molar-refractivity contribution >= 4 is 95.6 Å². The van der Waals surface area contributed by atoms with Crippen LogP contribution in [0.1, 0.15) is 38.5 Å². The topological polar surface area (TPSA) is 0 Å². The second-order valence-corrected chi connectivity index (χ2v) is 11.4. The maximum absolute atomic E-state index is 3.84. The Hall–Kier alpha value is 2.88. The summed E-state index contributed by atoms with van der Waals surface area (Å²) in [5.41, 5.74) is 0. The molecule has 0 spiro atoms. The van der Waals surface area contributed by atoms with E-state index in [9.17, 15) is 0 Å². The van der Waals surface area contributed by atoms with Crippen LogP contribution in [0.25, 0.3) is 0 Å². The molecule has 0 amide bonds. The highest BCUT2D eigenvalue weighted by Gasteiger charge is 2.35. The zero-order valence-electron chi connectivity index (χ0n) is 9.97. The predicted molar refractivity (Wildman–Crippen MR) is 104 cm³/mol. The molecule has 1 fully saturated rings. The smallest absolute Gasteiger partial charge is 0.0418 e. The second kappa shape index (κ2) is 9.81. The van der Waals surface area contributed by atoms with Gasteiger partial charge in [0.05, 0.1) is 0 Å². The molecule has 0 heterocycles. The summed E-state index contributed by atoms with van der Waals surface area (Å²) in [5.74, 6) is 0. The van der Waals surface area contributed by atoms with Gasteiger partial charge in [-0.05, 0) is 12.8 Å². The fraction of sp³-hybridized carbons (Fsp3) is 1.00. The first-order valence-corrected chi connectivity index (χ1v) is 11.8. The van der Waals surface area contributed by atoms with Gasteiger partial charge in [0.25, 0.3) is 0 Å². The lowest BCUT2D eigenvalue weighted by molar-refractivity contribution is 0.549. The molecule has 0 nitrogen and oxygen atoms in total. The van der Waals surface area contributed by atoms with Gasteiger partial charge in [-0.3, -0.25) is 0 Å². The molecule has 0 radical (unpaired) electrons. The van der Waals surface area contributed by atoms with Crippen LogP contribution in [-0.4, -0.2) is 29.0 Å². The van der Waals surface area contributed by atoms with Crippen LogP contribution in [0.4, 0.5) is 0 Å². The zero-order valence-corrected chi connectivity index (χ0v) is 19.5. The van der Waals surface area contributed by atoms with E-state index >= 15 is 0 Å². The van der Waals surface area contributed by atoms with Crippen molar-refractivity contribution in [3.05, 3.63) is 0 Å². The van der Waals surface area contributed by atoms with Gasteiger partial charge in [0.2, 0.25) is 0 Å². The van der Waals surface area contributed by atoms with Gasteiger partial charge in [-0.2, -0.15) is 0 Å². The first kappa shape index (κ1) is 18.9. The van der Waals surface area contributed by atoms with Crippen molar-refractivity contribution in [2.45, 2.75) is 67.5 Å². The van der Waals surface area contributed by atoms with Gasteiger partial charge in [-0.15, -0.1) is 0 Å². The third-order valence-corrected chi connectivity index (χ3v) is 13.6. The largest absolute Gasteiger partial charge is 0.0878 e. The number of rotatable bonds is 0. The van der Waals surface area contributed by atoms with Crippen LogP contribution in [0.3, 0.4) is 0 Å². The fourth-order valence-corrected chi connectivity index (χ4v) is 7.63. The third kappa shape index (κ3) is 5.94. The van der Waals surface area contributed by atoms with E-state index in [0.29, 0.717) is 29.0 Å². The SMILES string of the molecule is Br[C@@H]1[C@H](Br)[C@@H](Br)[C@@H](Br)CCCCCC[C@@H](Br)[C@H]1Br. The summed E-state index contributed by atoms with van der Waals surface area (Å²) in [6.07, 6.45) is 7.80. The number of alkyl halides is 6. The van der Waals surface area contributed by atoms with Gasteiger partial charge < -0.3 is 0 Å². The van der Waals surface area contributed by atoms with Crippen LogP contribution < -0.4 is 0 Å². The fourth-order valence-electron chi connectivity index (χ4n) is 2.10. The summed E-state index contributed by atoms with van der Waals surface area (Å²) >= 11 is 23.0. The molecule has 108 valence electrons. The predicted octanol–water partition coefficient (Wildman–Crippen LogP) is 6.92. The Morgan fingerprint density at radius 1 is 0.444 bits per heavy atom. The number of hydrogen-bond donors (Lipinski definition) is 0. The molecule has 18 heavy (non-hydrogen) atoms. The first-order chi connectivity index (χ1) is 8.45. The first-order valence-electron chi connectivity index (χ1n) is 6.29. The normalized spacial score (nSPS) is 45.0. The maximum Gasteiger partial charge on any atom is 0.0418 e. The van der Waals surface area contributed by atoms with Crippen LogP contribution >= 0.6 is 95.6 Å². The maximum atomic E-state index is 3.84. The van der Waals surface area contributed by atoms with Crippen molar-refractivity contribution in [2.24, 2.45) is 0 Å². The highest BCUT2D eigenvalue weighted by atomic mass is 79.9. The van der Waals surface area contributed by atoms with Crippen molar-refractivity contribution in [2.75, 3.05) is 0 Å². The molecule has 6 atom stereocenters. The Morgan fingerprint density at radius 2 is 0.778 bits per heavy atom. The monoisotopic (exact) mass is 636 g/mol. The molecule has 0 aromatic rings. The molecule has 0 saturated heterocycles. The van der Waals surface area contributed by atoms with E-state index in [1.165, 1.54) is 38.5 Å². The van der Waals surface area contributed by atoms with Crippen molar-refractivity contribution in [1.29, 1.82) is 0 Å². The molecule has 0 N–H and O–H groups in total. The van der Waals surface area contributed by atoms with E-state index < -0.39 is 0 Å². The van der Waals surface area contributed by atoms with Gasteiger partial charge >= 0.3 is 0 Å². The van der Waals surface area contributed by atoms with Crippen molar-refractivity contribution in [3.8, 4) is 0 Å². The molecular weight excluding hydrogens is 624 g/mol. The Morgan fingerprint density at radius 3 is 1.11 bits per heavy atom. The molecule has 1 aliphatic rings. The second-order valence-electron chi connectivity index (χ2n) is 4.80. The molecule has 6 heteroatoms. The molecule has 1 rings (SSSR count). The van der Waals surface area contributed by atoms with Crippen LogP contribution in [0.2, 0.25) is 0 Å². The van der Waals surface area contributed by atoms with Gasteiger partial charge in [0.1, 0.15) is 0 Å². The molecular formula is C12H18Br6. The van der Waals surface area contributed by atoms with E-state index in [0.717, 1.165) is 0 Å². The Labute approximate surface area is 161 Å². The lowest BCUT2D eigenvalue weighted by Crippen LogP contribution is -2.39. The minimum absolute atomic E-state index is 0.394. The summed E-state index contributed by atoms with van der Waals surface area (Å²) in [7, 11) is 0. The summed E-state index contributed by atoms with van der Waals surface area (Å²) in [6.45, 7) is 0. The van der Waals surface area contributed by atoms with Gasteiger partial charge in [0, 0.05) is 29.0 Å². The van der Waals surface area contributed by atoms with Crippen molar-refractivity contribution in [3.63, 3.8) is 0 Å². The van der Waals surface area contributed by atoms with Crippen molar-refractivity contribution in [1.82, 2.24) is 0 Å². The molecule has 0 unspecified atom stereocenters. The minimum Gasteiger partial charge on any atom is -0.0878 e. The standard InChI is InChI=1S/C12H18Br6/c13-7-5-3-1-2-4-6-8(14)10(16)12(18)11(17)9(7)15/h7-12H,1-6H2/t7-,8+,9-,10+,11+,12-. The van der Waals surface area contributed by atoms with Crippen molar-refractivity contribution < 1.29 is 0 Å². The van der Waals surface area contributed by atoms with Gasteiger partial charge in [-0.25, -0.2) is 0 Å². The molecule has 1 saturated carbocycles. The third-order valence-electron chi connectivity index (χ3n) is 3.31. The number of halogens is 6. The van der Waals surface area contributed by atoms with E-state index in [1.807, 2.05) is 0 Å². The van der Waals surface area contributed by atoms with Crippen LogP contribution in [0.15, 0.2) is 0 Å². The summed E-state index contributed by atoms with van der Waals surface area (Å²) in [6, 6.07) is 0. The van der Waals surface area contributed by atoms with E-state index in [1.54, 1.807) is 0 Å². The Kier molecular flexibility index (Phi) is 10.3. The highest BCUT2D eigenvalue weighted by molar-refractivity contribution is 9.15. The Bertz CT molecular complexity index is 213. The molecule has 0 aromatic carbocycles. The van der Waals surface area contributed by atoms with Crippen LogP contribution in [0, 0.1) is 0 Å². The quantitative estimate of drug-likeness (QED) is 0.252. The highest BCUT2D eigenvalue weighted by Crippen LogP contribution is 2.37. The molecule has 0 aromatic heterocycles.